The van der Waals surface area contributed by atoms with Gasteiger partial charge in [0.1, 0.15) is 5.82 Å². The molecule has 0 amide bonds. The van der Waals surface area contributed by atoms with Crippen LogP contribution in [0.3, 0.4) is 0 Å². The molecule has 0 spiro atoms. The summed E-state index contributed by atoms with van der Waals surface area (Å²) >= 11 is 0. The Morgan fingerprint density at radius 2 is 2.38 bits per heavy atom. The minimum atomic E-state index is 0.357. The molecule has 1 saturated heterocycles. The van der Waals surface area contributed by atoms with E-state index in [9.17, 15) is 0 Å². The Morgan fingerprint density at radius 3 is 3.06 bits per heavy atom. The van der Waals surface area contributed by atoms with Gasteiger partial charge >= 0.3 is 0 Å². The molecule has 2 N–H and O–H groups in total. The third kappa shape index (κ3) is 2.90. The van der Waals surface area contributed by atoms with Crippen LogP contribution < -0.4 is 5.73 Å². The number of aromatic nitrogens is 2. The van der Waals surface area contributed by atoms with Crippen LogP contribution in [0.25, 0.3) is 0 Å². The Morgan fingerprint density at radius 1 is 1.50 bits per heavy atom. The minimum absolute atomic E-state index is 0.357. The van der Waals surface area contributed by atoms with Crippen LogP contribution in [0.15, 0.2) is 12.4 Å². The molecule has 0 radical (unpaired) electrons. The summed E-state index contributed by atoms with van der Waals surface area (Å²) in [7, 11) is 1.77. The number of nitrogens with zero attached hydrogens (tertiary/aromatic N) is 3. The van der Waals surface area contributed by atoms with Gasteiger partial charge in [-0.2, -0.15) is 0 Å². The zero-order valence-corrected chi connectivity index (χ0v) is 9.59. The number of rotatable bonds is 3. The molecule has 1 unspecified atom stereocenters. The fraction of sp³-hybridized carbons (Fsp3) is 0.636. The number of nitrogen functional groups attached to an aromatic ring is 1. The lowest BCUT2D eigenvalue weighted by atomic mass is 10.1. The third-order valence-electron chi connectivity index (χ3n) is 2.91. The van der Waals surface area contributed by atoms with Crippen molar-refractivity contribution in [2.24, 2.45) is 0 Å². The quantitative estimate of drug-likeness (QED) is 0.814. The van der Waals surface area contributed by atoms with E-state index in [1.54, 1.807) is 19.5 Å². The maximum Gasteiger partial charge on any atom is 0.141 e. The molecule has 1 fully saturated rings. The molecule has 5 heteroatoms. The van der Waals surface area contributed by atoms with Crippen LogP contribution in [0.2, 0.25) is 0 Å². The van der Waals surface area contributed by atoms with E-state index in [4.69, 9.17) is 10.5 Å². The molecule has 5 nitrogen and oxygen atoms in total. The number of likely N-dealkylation sites (tertiary alicyclic amines) is 1. The maximum absolute atomic E-state index is 5.50. The number of piperidine rings is 1. The topological polar surface area (TPSA) is 64.3 Å². The zero-order chi connectivity index (χ0) is 11.4. The van der Waals surface area contributed by atoms with Crippen molar-refractivity contribution >= 4 is 5.82 Å². The van der Waals surface area contributed by atoms with Crippen molar-refractivity contribution in [3.8, 4) is 0 Å². The minimum Gasteiger partial charge on any atom is -0.382 e. The summed E-state index contributed by atoms with van der Waals surface area (Å²) in [6, 6.07) is 0. The molecule has 1 aliphatic rings. The molecular weight excluding hydrogens is 204 g/mol. The average Bonchev–Trinajstić information content (AvgIpc) is 2.32. The number of hydrogen-bond acceptors (Lipinski definition) is 5. The lowest BCUT2D eigenvalue weighted by Crippen LogP contribution is -2.38. The lowest BCUT2D eigenvalue weighted by Gasteiger charge is -2.31. The van der Waals surface area contributed by atoms with Crippen LogP contribution in [-0.4, -0.2) is 41.2 Å². The Kier molecular flexibility index (Phi) is 3.69. The highest BCUT2D eigenvalue weighted by atomic mass is 16.5. The van der Waals surface area contributed by atoms with Crippen molar-refractivity contribution in [3.63, 3.8) is 0 Å². The van der Waals surface area contributed by atoms with Crippen molar-refractivity contribution in [2.45, 2.75) is 25.5 Å². The first-order valence-corrected chi connectivity index (χ1v) is 5.59. The second-order valence-corrected chi connectivity index (χ2v) is 4.17. The Labute approximate surface area is 95.6 Å². The van der Waals surface area contributed by atoms with Gasteiger partial charge in [0.05, 0.1) is 24.2 Å². The summed E-state index contributed by atoms with van der Waals surface area (Å²) in [6.07, 6.45) is 6.04. The van der Waals surface area contributed by atoms with Crippen LogP contribution in [0, 0.1) is 0 Å². The molecule has 2 heterocycles. The molecular formula is C11H18N4O. The molecule has 0 aromatic carbocycles. The van der Waals surface area contributed by atoms with E-state index >= 15 is 0 Å². The Hall–Kier alpha value is -1.20. The number of ether oxygens (including phenoxy) is 1. The van der Waals surface area contributed by atoms with Gasteiger partial charge in [-0.15, -0.1) is 0 Å². The van der Waals surface area contributed by atoms with E-state index < -0.39 is 0 Å². The second-order valence-electron chi connectivity index (χ2n) is 4.17. The van der Waals surface area contributed by atoms with E-state index in [2.05, 4.69) is 14.9 Å². The van der Waals surface area contributed by atoms with E-state index in [1.165, 1.54) is 6.42 Å². The fourth-order valence-corrected chi connectivity index (χ4v) is 2.02. The number of hydrogen-bond donors (Lipinski definition) is 1. The molecule has 1 atom stereocenters. The average molecular weight is 222 g/mol. The van der Waals surface area contributed by atoms with Gasteiger partial charge < -0.3 is 10.5 Å². The maximum atomic E-state index is 5.50. The molecule has 0 saturated carbocycles. The standard InChI is InChI=1S/C11H18N4O/c1-16-10-3-2-4-15(8-10)7-9-5-14-11(12)6-13-9/h5-6,10H,2-4,7-8H2,1H3,(H2,12,14). The number of nitrogens with two attached hydrogens (primary N) is 1. The molecule has 0 bridgehead atoms. The molecule has 1 aromatic rings. The van der Waals surface area contributed by atoms with Crippen LogP contribution in [0.4, 0.5) is 5.82 Å². The zero-order valence-electron chi connectivity index (χ0n) is 9.59. The lowest BCUT2D eigenvalue weighted by molar-refractivity contribution is 0.0281. The molecule has 1 aliphatic heterocycles. The Bertz CT molecular complexity index is 327. The Balaban J connectivity index is 1.91. The summed E-state index contributed by atoms with van der Waals surface area (Å²) in [4.78, 5) is 10.6. The fourth-order valence-electron chi connectivity index (χ4n) is 2.02. The van der Waals surface area contributed by atoms with Gasteiger partial charge in [0, 0.05) is 20.2 Å². The van der Waals surface area contributed by atoms with Crippen LogP contribution >= 0.6 is 0 Å². The highest BCUT2D eigenvalue weighted by Crippen LogP contribution is 2.14. The van der Waals surface area contributed by atoms with Crippen molar-refractivity contribution in [1.29, 1.82) is 0 Å². The molecule has 88 valence electrons. The molecule has 16 heavy (non-hydrogen) atoms. The van der Waals surface area contributed by atoms with Gasteiger partial charge in [-0.3, -0.25) is 9.88 Å². The summed E-state index contributed by atoms with van der Waals surface area (Å²) in [5.41, 5.74) is 6.46. The van der Waals surface area contributed by atoms with Gasteiger partial charge in [-0.1, -0.05) is 0 Å². The van der Waals surface area contributed by atoms with Crippen molar-refractivity contribution in [2.75, 3.05) is 25.9 Å². The number of anilines is 1. The monoisotopic (exact) mass is 222 g/mol. The van der Waals surface area contributed by atoms with Gasteiger partial charge in [0.25, 0.3) is 0 Å². The van der Waals surface area contributed by atoms with E-state index in [1.807, 2.05) is 0 Å². The highest BCUT2D eigenvalue weighted by Gasteiger charge is 2.19. The molecule has 0 aliphatic carbocycles. The van der Waals surface area contributed by atoms with Gasteiger partial charge in [0.15, 0.2) is 0 Å². The van der Waals surface area contributed by atoms with Crippen molar-refractivity contribution in [3.05, 3.63) is 18.1 Å². The first-order valence-electron chi connectivity index (χ1n) is 5.59. The molecule has 2 rings (SSSR count). The van der Waals surface area contributed by atoms with Crippen molar-refractivity contribution < 1.29 is 4.74 Å². The predicted octanol–water partition coefficient (Wildman–Crippen LogP) is 0.670. The van der Waals surface area contributed by atoms with E-state index in [-0.39, 0.29) is 0 Å². The third-order valence-corrected chi connectivity index (χ3v) is 2.91. The van der Waals surface area contributed by atoms with Gasteiger partial charge in [-0.05, 0) is 19.4 Å². The van der Waals surface area contributed by atoms with Crippen LogP contribution in [-0.2, 0) is 11.3 Å². The van der Waals surface area contributed by atoms with Gasteiger partial charge in [0.2, 0.25) is 0 Å². The van der Waals surface area contributed by atoms with Crippen LogP contribution in [0.5, 0.6) is 0 Å². The van der Waals surface area contributed by atoms with Crippen LogP contribution in [0.1, 0.15) is 18.5 Å². The second kappa shape index (κ2) is 5.23. The van der Waals surface area contributed by atoms with Crippen molar-refractivity contribution in [1.82, 2.24) is 14.9 Å². The smallest absolute Gasteiger partial charge is 0.141 e. The van der Waals surface area contributed by atoms with E-state index in [0.717, 1.165) is 31.7 Å². The SMILES string of the molecule is COC1CCCN(Cc2cnc(N)cn2)C1. The molecule has 1 aromatic heterocycles. The van der Waals surface area contributed by atoms with Gasteiger partial charge in [-0.25, -0.2) is 4.98 Å². The summed E-state index contributed by atoms with van der Waals surface area (Å²) < 4.78 is 5.38. The first-order chi connectivity index (χ1) is 7.78. The largest absolute Gasteiger partial charge is 0.382 e. The first kappa shape index (κ1) is 11.3. The normalized spacial score (nSPS) is 22.2. The number of methoxy groups -OCH3 is 1. The summed E-state index contributed by atoms with van der Waals surface area (Å²) in [6.45, 7) is 2.90. The predicted molar refractivity (Wildman–Crippen MR) is 61.8 cm³/mol. The summed E-state index contributed by atoms with van der Waals surface area (Å²) in [5.74, 6) is 0.470. The highest BCUT2D eigenvalue weighted by molar-refractivity contribution is 5.22. The van der Waals surface area contributed by atoms with E-state index in [0.29, 0.717) is 11.9 Å². The summed E-state index contributed by atoms with van der Waals surface area (Å²) in [5, 5.41) is 0.